The lowest BCUT2D eigenvalue weighted by Crippen LogP contribution is -2.27. The number of fused-ring (bicyclic) bond motifs is 3. The van der Waals surface area contributed by atoms with Gasteiger partial charge in [0, 0.05) is 19.0 Å². The molecule has 160 valence electrons. The second-order valence-corrected chi connectivity index (χ2v) is 7.56. The summed E-state index contributed by atoms with van der Waals surface area (Å²) >= 11 is 0. The van der Waals surface area contributed by atoms with Gasteiger partial charge in [0.15, 0.2) is 0 Å². The molecule has 0 aliphatic heterocycles. The van der Waals surface area contributed by atoms with Crippen molar-refractivity contribution in [3.63, 3.8) is 0 Å². The van der Waals surface area contributed by atoms with Crippen molar-refractivity contribution < 1.29 is 19.4 Å². The molecule has 0 aromatic heterocycles. The number of hydrogen-bond donors (Lipinski definition) is 3. The molecule has 0 saturated carbocycles. The number of amides is 1. The van der Waals surface area contributed by atoms with E-state index in [9.17, 15) is 9.59 Å². The van der Waals surface area contributed by atoms with Gasteiger partial charge in [0.1, 0.15) is 6.61 Å². The van der Waals surface area contributed by atoms with Crippen LogP contribution in [0, 0.1) is 0 Å². The molecule has 2 aromatic rings. The molecule has 3 rings (SSSR count). The van der Waals surface area contributed by atoms with E-state index in [1.165, 1.54) is 22.3 Å². The van der Waals surface area contributed by atoms with E-state index in [2.05, 4.69) is 34.9 Å². The second-order valence-electron chi connectivity index (χ2n) is 7.56. The lowest BCUT2D eigenvalue weighted by Gasteiger charge is -2.14. The maximum absolute atomic E-state index is 12.1. The van der Waals surface area contributed by atoms with E-state index in [-0.39, 0.29) is 18.4 Å². The molecule has 3 N–H and O–H groups in total. The van der Waals surface area contributed by atoms with Crippen molar-refractivity contribution in [2.24, 2.45) is 0 Å². The van der Waals surface area contributed by atoms with Crippen molar-refractivity contribution in [1.29, 1.82) is 0 Å². The molecule has 0 atom stereocenters. The molecule has 0 fully saturated rings. The van der Waals surface area contributed by atoms with Gasteiger partial charge in [0.25, 0.3) is 0 Å². The Morgan fingerprint density at radius 3 is 2.07 bits per heavy atom. The number of hydrogen-bond acceptors (Lipinski definition) is 4. The monoisotopic (exact) mass is 410 g/mol. The number of aliphatic carboxylic acids is 1. The summed E-state index contributed by atoms with van der Waals surface area (Å²) in [5, 5.41) is 14.5. The topological polar surface area (TPSA) is 87.7 Å². The molecule has 6 nitrogen and oxygen atoms in total. The first-order valence-corrected chi connectivity index (χ1v) is 10.7. The van der Waals surface area contributed by atoms with Crippen LogP contribution in [0.2, 0.25) is 0 Å². The Bertz CT molecular complexity index is 807. The zero-order valence-electron chi connectivity index (χ0n) is 17.2. The third kappa shape index (κ3) is 6.07. The number of alkyl carbamates (subject to hydrolysis) is 1. The zero-order chi connectivity index (χ0) is 21.2. The van der Waals surface area contributed by atoms with E-state index < -0.39 is 5.97 Å². The number of unbranched alkanes of at least 4 members (excludes halogenated alkanes) is 3. The number of ether oxygens (including phenoxy) is 1. The summed E-state index contributed by atoms with van der Waals surface area (Å²) in [4.78, 5) is 22.5. The average Bonchev–Trinajstić information content (AvgIpc) is 3.07. The van der Waals surface area contributed by atoms with Gasteiger partial charge in [-0.1, -0.05) is 61.4 Å². The molecule has 1 amide bonds. The Kier molecular flexibility index (Phi) is 8.27. The van der Waals surface area contributed by atoms with Crippen LogP contribution in [0.1, 0.15) is 49.1 Å². The number of benzene rings is 2. The minimum atomic E-state index is -0.776. The van der Waals surface area contributed by atoms with Gasteiger partial charge in [-0.15, -0.1) is 0 Å². The molecule has 0 spiro atoms. The van der Waals surface area contributed by atoms with Crippen LogP contribution in [0.25, 0.3) is 11.1 Å². The fourth-order valence-electron chi connectivity index (χ4n) is 3.89. The molecule has 1 aliphatic carbocycles. The average molecular weight is 411 g/mol. The first-order valence-electron chi connectivity index (χ1n) is 10.7. The predicted molar refractivity (Wildman–Crippen MR) is 117 cm³/mol. The van der Waals surface area contributed by atoms with Crippen LogP contribution in [0.5, 0.6) is 0 Å². The van der Waals surface area contributed by atoms with Crippen LogP contribution in [0.3, 0.4) is 0 Å². The normalized spacial score (nSPS) is 12.3. The van der Waals surface area contributed by atoms with Crippen molar-refractivity contribution in [3.8, 4) is 11.1 Å². The highest BCUT2D eigenvalue weighted by Crippen LogP contribution is 2.44. The molecular weight excluding hydrogens is 380 g/mol. The van der Waals surface area contributed by atoms with Crippen LogP contribution in [0.4, 0.5) is 4.79 Å². The maximum atomic E-state index is 12.1. The Morgan fingerprint density at radius 2 is 1.43 bits per heavy atom. The Morgan fingerprint density at radius 1 is 0.833 bits per heavy atom. The Hall–Kier alpha value is -2.86. The van der Waals surface area contributed by atoms with Gasteiger partial charge in [0.05, 0.1) is 6.42 Å². The van der Waals surface area contributed by atoms with Crippen LogP contribution in [-0.4, -0.2) is 43.4 Å². The van der Waals surface area contributed by atoms with Gasteiger partial charge in [-0.05, 0) is 41.6 Å². The molecule has 6 heteroatoms. The number of carboxylic acids is 1. The quantitative estimate of drug-likeness (QED) is 0.458. The lowest BCUT2D eigenvalue weighted by atomic mass is 9.98. The largest absolute Gasteiger partial charge is 0.481 e. The third-order valence-electron chi connectivity index (χ3n) is 5.41. The zero-order valence-corrected chi connectivity index (χ0v) is 17.2. The van der Waals surface area contributed by atoms with Crippen molar-refractivity contribution in [3.05, 3.63) is 59.7 Å². The summed E-state index contributed by atoms with van der Waals surface area (Å²) in [6, 6.07) is 16.6. The molecule has 0 bridgehead atoms. The summed E-state index contributed by atoms with van der Waals surface area (Å²) in [5.74, 6) is -0.696. The predicted octanol–water partition coefficient (Wildman–Crippen LogP) is 4.15. The number of carbonyl (C=O) groups is 2. The summed E-state index contributed by atoms with van der Waals surface area (Å²) in [7, 11) is 0. The smallest absolute Gasteiger partial charge is 0.407 e. The Balaban J connectivity index is 1.31. The number of carboxylic acid groups (broad SMARTS) is 1. The summed E-state index contributed by atoms with van der Waals surface area (Å²) < 4.78 is 5.52. The van der Waals surface area contributed by atoms with Crippen molar-refractivity contribution in [1.82, 2.24) is 10.6 Å². The highest BCUT2D eigenvalue weighted by atomic mass is 16.5. The minimum Gasteiger partial charge on any atom is -0.481 e. The van der Waals surface area contributed by atoms with Crippen LogP contribution in [0.15, 0.2) is 48.5 Å². The molecule has 30 heavy (non-hydrogen) atoms. The highest BCUT2D eigenvalue weighted by molar-refractivity contribution is 5.79. The molecule has 1 aliphatic rings. The van der Waals surface area contributed by atoms with Crippen LogP contribution < -0.4 is 10.6 Å². The standard InChI is InChI=1S/C24H30N2O4/c27-23(28)13-16-25-14-7-1-2-8-15-26-24(29)30-17-22-20-11-5-3-9-18(20)19-10-4-6-12-21(19)22/h3-6,9-12,22,25H,1-2,7-8,13-17H2,(H,26,29)(H,27,28). The van der Waals surface area contributed by atoms with E-state index in [4.69, 9.17) is 9.84 Å². The number of rotatable bonds is 12. The highest BCUT2D eigenvalue weighted by Gasteiger charge is 2.28. The van der Waals surface area contributed by atoms with Crippen molar-refractivity contribution in [2.75, 3.05) is 26.2 Å². The van der Waals surface area contributed by atoms with Crippen molar-refractivity contribution in [2.45, 2.75) is 38.0 Å². The van der Waals surface area contributed by atoms with Gasteiger partial charge in [-0.25, -0.2) is 4.79 Å². The van der Waals surface area contributed by atoms with E-state index in [0.29, 0.717) is 19.7 Å². The van der Waals surface area contributed by atoms with E-state index in [1.54, 1.807) is 0 Å². The third-order valence-corrected chi connectivity index (χ3v) is 5.41. The minimum absolute atomic E-state index is 0.0803. The van der Waals surface area contributed by atoms with Gasteiger partial charge >= 0.3 is 12.1 Å². The first-order chi connectivity index (χ1) is 14.7. The molecular formula is C24H30N2O4. The van der Waals surface area contributed by atoms with E-state index in [0.717, 1.165) is 32.2 Å². The van der Waals surface area contributed by atoms with E-state index >= 15 is 0 Å². The van der Waals surface area contributed by atoms with Gasteiger partial charge in [-0.3, -0.25) is 4.79 Å². The first kappa shape index (κ1) is 21.8. The lowest BCUT2D eigenvalue weighted by molar-refractivity contribution is -0.136. The van der Waals surface area contributed by atoms with Crippen LogP contribution >= 0.6 is 0 Å². The summed E-state index contributed by atoms with van der Waals surface area (Å²) in [5.41, 5.74) is 4.87. The second kappa shape index (κ2) is 11.4. The van der Waals surface area contributed by atoms with Crippen LogP contribution in [-0.2, 0) is 9.53 Å². The molecule has 0 saturated heterocycles. The summed E-state index contributed by atoms with van der Waals surface area (Å²) in [6.07, 6.45) is 3.76. The van der Waals surface area contributed by atoms with Gasteiger partial charge in [0.2, 0.25) is 0 Å². The Labute approximate surface area is 177 Å². The fourth-order valence-corrected chi connectivity index (χ4v) is 3.89. The van der Waals surface area contributed by atoms with Gasteiger partial charge < -0.3 is 20.5 Å². The molecule has 0 heterocycles. The number of nitrogens with one attached hydrogen (secondary N) is 2. The summed E-state index contributed by atoms with van der Waals surface area (Å²) in [6.45, 7) is 2.27. The fraction of sp³-hybridized carbons (Fsp3) is 0.417. The van der Waals surface area contributed by atoms with Gasteiger partial charge in [-0.2, -0.15) is 0 Å². The van der Waals surface area contributed by atoms with Crippen molar-refractivity contribution >= 4 is 12.1 Å². The molecule has 0 radical (unpaired) electrons. The SMILES string of the molecule is O=C(O)CCNCCCCCCNC(=O)OCC1c2ccccc2-c2ccccc21. The number of carbonyl (C=O) groups excluding carboxylic acids is 1. The maximum Gasteiger partial charge on any atom is 0.407 e. The molecule has 0 unspecified atom stereocenters. The molecule has 2 aromatic carbocycles. The van der Waals surface area contributed by atoms with E-state index in [1.807, 2.05) is 24.3 Å².